The van der Waals surface area contributed by atoms with E-state index in [-0.39, 0.29) is 34.4 Å². The summed E-state index contributed by atoms with van der Waals surface area (Å²) in [4.78, 5) is 0. The lowest BCUT2D eigenvalue weighted by molar-refractivity contribution is -0.252. The van der Waals surface area contributed by atoms with E-state index < -0.39 is 0 Å². The van der Waals surface area contributed by atoms with Gasteiger partial charge < -0.3 is 21.3 Å². The molecule has 0 aromatic heterocycles. The monoisotopic (exact) mass is 526 g/mol. The third-order valence-electron chi connectivity index (χ3n) is 14.5. The standard InChI is InChI=1S/C34H58N2O2/c1-22(2)24-11-16-34(23(3)36-20-8-19-35)18-17-32(6)25(29(24)34)9-10-27-30(4)14-13-28(38)31(5,21-37)26(30)12-15-33(27,32)7/h24-29,36-38H,1,3,8-21,35H2,2,4-7H3/t24-,25?,26+,27+,28-,29+,30-,31-,32+,33+,34+/m0/s1. The minimum absolute atomic E-state index is 0.0991. The average Bonchev–Trinajstić information content (AvgIpc) is 3.28. The highest BCUT2D eigenvalue weighted by molar-refractivity contribution is 5.27. The van der Waals surface area contributed by atoms with Crippen molar-refractivity contribution in [2.45, 2.75) is 111 Å². The second-order valence-corrected chi connectivity index (χ2v) is 15.6. The zero-order valence-electron chi connectivity index (χ0n) is 25.2. The van der Waals surface area contributed by atoms with E-state index in [0.29, 0.717) is 35.0 Å². The predicted octanol–water partition coefficient (Wildman–Crippen LogP) is 6.43. The van der Waals surface area contributed by atoms with Gasteiger partial charge in [-0.3, -0.25) is 0 Å². The summed E-state index contributed by atoms with van der Waals surface area (Å²) in [7, 11) is 0. The molecule has 5 fully saturated rings. The van der Waals surface area contributed by atoms with Crippen LogP contribution in [0.5, 0.6) is 0 Å². The zero-order chi connectivity index (χ0) is 27.7. The fraction of sp³-hybridized carbons (Fsp3) is 0.882. The summed E-state index contributed by atoms with van der Waals surface area (Å²) in [5, 5.41) is 25.3. The van der Waals surface area contributed by atoms with Crippen LogP contribution in [0.25, 0.3) is 0 Å². The Hall–Kier alpha value is -0.840. The van der Waals surface area contributed by atoms with Crippen LogP contribution in [0.1, 0.15) is 105 Å². The van der Waals surface area contributed by atoms with Gasteiger partial charge in [0, 0.05) is 23.1 Å². The van der Waals surface area contributed by atoms with Gasteiger partial charge in [-0.25, -0.2) is 0 Å². The number of rotatable bonds is 7. The molecule has 0 radical (unpaired) electrons. The van der Waals surface area contributed by atoms with E-state index >= 15 is 0 Å². The second-order valence-electron chi connectivity index (χ2n) is 15.6. The Kier molecular flexibility index (Phi) is 7.26. The molecule has 5 N–H and O–H groups in total. The molecular weight excluding hydrogens is 468 g/mol. The summed E-state index contributed by atoms with van der Waals surface area (Å²) in [5.41, 5.74) is 9.03. The van der Waals surface area contributed by atoms with Gasteiger partial charge in [-0.1, -0.05) is 46.4 Å². The van der Waals surface area contributed by atoms with E-state index in [0.717, 1.165) is 38.8 Å². The van der Waals surface area contributed by atoms with Gasteiger partial charge in [-0.05, 0) is 130 Å². The van der Waals surface area contributed by atoms with Gasteiger partial charge in [0.1, 0.15) is 0 Å². The van der Waals surface area contributed by atoms with Crippen LogP contribution in [0.3, 0.4) is 0 Å². The Labute approximate surface area is 233 Å². The summed E-state index contributed by atoms with van der Waals surface area (Å²) >= 11 is 0. The highest BCUT2D eigenvalue weighted by atomic mass is 16.3. The lowest BCUT2D eigenvalue weighted by Crippen LogP contribution is -2.67. The maximum Gasteiger partial charge on any atom is 0.0618 e. The first-order valence-corrected chi connectivity index (χ1v) is 15.9. The van der Waals surface area contributed by atoms with Crippen LogP contribution in [0.15, 0.2) is 24.4 Å². The van der Waals surface area contributed by atoms with Gasteiger partial charge in [-0.15, -0.1) is 0 Å². The Morgan fingerprint density at radius 1 is 0.895 bits per heavy atom. The van der Waals surface area contributed by atoms with E-state index in [1.165, 1.54) is 56.2 Å². The maximum absolute atomic E-state index is 11.0. The van der Waals surface area contributed by atoms with Crippen LogP contribution in [-0.2, 0) is 0 Å². The molecule has 0 aliphatic heterocycles. The van der Waals surface area contributed by atoms with Crippen LogP contribution in [0.4, 0.5) is 0 Å². The van der Waals surface area contributed by atoms with Crippen LogP contribution in [0, 0.1) is 56.7 Å². The third kappa shape index (κ3) is 3.64. The Balaban J connectivity index is 1.51. The van der Waals surface area contributed by atoms with E-state index in [2.05, 4.69) is 46.5 Å². The summed E-state index contributed by atoms with van der Waals surface area (Å²) in [6, 6.07) is 0. The Morgan fingerprint density at radius 3 is 2.29 bits per heavy atom. The number of hydrogen-bond donors (Lipinski definition) is 4. The molecule has 5 saturated carbocycles. The Morgan fingerprint density at radius 2 is 1.63 bits per heavy atom. The number of fused-ring (bicyclic) bond motifs is 7. The topological polar surface area (TPSA) is 78.5 Å². The molecule has 0 saturated heterocycles. The molecule has 4 heteroatoms. The molecule has 0 aromatic rings. The molecule has 216 valence electrons. The van der Waals surface area contributed by atoms with Crippen LogP contribution in [-0.4, -0.2) is 36.0 Å². The normalized spacial score (nSPS) is 51.8. The number of aliphatic hydroxyl groups is 2. The fourth-order valence-corrected chi connectivity index (χ4v) is 12.2. The van der Waals surface area contributed by atoms with Crippen molar-refractivity contribution >= 4 is 0 Å². The van der Waals surface area contributed by atoms with Gasteiger partial charge in [0.2, 0.25) is 0 Å². The van der Waals surface area contributed by atoms with Crippen molar-refractivity contribution < 1.29 is 10.2 Å². The minimum atomic E-state index is -0.384. The van der Waals surface area contributed by atoms with Crippen molar-refractivity contribution in [1.82, 2.24) is 5.32 Å². The van der Waals surface area contributed by atoms with Crippen molar-refractivity contribution in [2.24, 2.45) is 62.4 Å². The highest BCUT2D eigenvalue weighted by Crippen LogP contribution is 2.78. The second kappa shape index (κ2) is 9.62. The molecule has 5 aliphatic rings. The molecule has 0 aromatic carbocycles. The molecule has 38 heavy (non-hydrogen) atoms. The number of aliphatic hydroxyl groups excluding tert-OH is 2. The van der Waals surface area contributed by atoms with Gasteiger partial charge in [0.25, 0.3) is 0 Å². The van der Waals surface area contributed by atoms with Gasteiger partial charge in [0.05, 0.1) is 12.7 Å². The summed E-state index contributed by atoms with van der Waals surface area (Å²) < 4.78 is 0. The van der Waals surface area contributed by atoms with Crippen LogP contribution in [0.2, 0.25) is 0 Å². The summed E-state index contributed by atoms with van der Waals surface area (Å²) in [6.07, 6.45) is 12.5. The van der Waals surface area contributed by atoms with E-state index in [1.807, 2.05) is 0 Å². The van der Waals surface area contributed by atoms with E-state index in [1.54, 1.807) is 0 Å². The molecule has 11 atom stereocenters. The largest absolute Gasteiger partial charge is 0.396 e. The summed E-state index contributed by atoms with van der Waals surface area (Å²) in [6.45, 7) is 23.3. The number of nitrogens with two attached hydrogens (primary N) is 1. The lowest BCUT2D eigenvalue weighted by Gasteiger charge is -2.73. The van der Waals surface area contributed by atoms with Crippen molar-refractivity contribution in [3.63, 3.8) is 0 Å². The van der Waals surface area contributed by atoms with Crippen molar-refractivity contribution in [3.8, 4) is 0 Å². The quantitative estimate of drug-likeness (QED) is 0.228. The number of nitrogens with one attached hydrogen (secondary N) is 1. The fourth-order valence-electron chi connectivity index (χ4n) is 12.2. The molecule has 5 rings (SSSR count). The van der Waals surface area contributed by atoms with Gasteiger partial charge in [0.15, 0.2) is 0 Å². The first-order chi connectivity index (χ1) is 17.9. The molecule has 5 aliphatic carbocycles. The van der Waals surface area contributed by atoms with Crippen LogP contribution >= 0.6 is 0 Å². The van der Waals surface area contributed by atoms with E-state index in [9.17, 15) is 10.2 Å². The minimum Gasteiger partial charge on any atom is -0.396 e. The molecule has 0 heterocycles. The van der Waals surface area contributed by atoms with Crippen molar-refractivity contribution in [3.05, 3.63) is 24.4 Å². The predicted molar refractivity (Wildman–Crippen MR) is 157 cm³/mol. The molecule has 4 nitrogen and oxygen atoms in total. The lowest BCUT2D eigenvalue weighted by atomic mass is 9.32. The van der Waals surface area contributed by atoms with Gasteiger partial charge in [-0.2, -0.15) is 0 Å². The smallest absolute Gasteiger partial charge is 0.0618 e. The van der Waals surface area contributed by atoms with Gasteiger partial charge >= 0.3 is 0 Å². The first kappa shape index (κ1) is 28.7. The number of allylic oxidation sites excluding steroid dienone is 2. The van der Waals surface area contributed by atoms with Crippen molar-refractivity contribution in [2.75, 3.05) is 19.7 Å². The van der Waals surface area contributed by atoms with Crippen LogP contribution < -0.4 is 11.1 Å². The summed E-state index contributed by atoms with van der Waals surface area (Å²) in [5.74, 6) is 2.94. The molecule has 1 unspecified atom stereocenters. The molecule has 0 spiro atoms. The zero-order valence-corrected chi connectivity index (χ0v) is 25.2. The first-order valence-electron chi connectivity index (χ1n) is 15.9. The van der Waals surface area contributed by atoms with E-state index in [4.69, 9.17) is 12.3 Å². The molecule has 0 amide bonds. The maximum atomic E-state index is 11.0. The third-order valence-corrected chi connectivity index (χ3v) is 14.5. The number of hydrogen-bond acceptors (Lipinski definition) is 4. The molecular formula is C34H58N2O2. The highest BCUT2D eigenvalue weighted by Gasteiger charge is 2.71. The SMILES string of the molecule is C=C(C)[C@@H]1CC[C@]2(C(=C)NCCCN)CC[C@]3(C)C(CC[C@@H]4[C@@]5(C)CC[C@H](O)[C@@](C)(CO)[C@@H]5CC[C@]43C)[C@@H]12. The average molecular weight is 527 g/mol. The molecule has 0 bridgehead atoms. The Bertz CT molecular complexity index is 949. The van der Waals surface area contributed by atoms with Crippen molar-refractivity contribution in [1.29, 1.82) is 0 Å².